The van der Waals surface area contributed by atoms with Gasteiger partial charge < -0.3 is 9.84 Å². The lowest BCUT2D eigenvalue weighted by molar-refractivity contribution is -0.136. The average Bonchev–Trinajstić information content (AvgIpc) is 3.38. The second-order valence-electron chi connectivity index (χ2n) is 12.2. The normalized spacial score (nSPS) is 41.6. The van der Waals surface area contributed by atoms with Crippen molar-refractivity contribution in [1.29, 1.82) is 0 Å². The summed E-state index contributed by atoms with van der Waals surface area (Å²) in [5, 5.41) is 16.6. The molecule has 0 spiro atoms. The van der Waals surface area contributed by atoms with Gasteiger partial charge in [0.1, 0.15) is 5.52 Å². The van der Waals surface area contributed by atoms with E-state index < -0.39 is 5.60 Å². The summed E-state index contributed by atoms with van der Waals surface area (Å²) in [6, 6.07) is 1.95. The summed E-state index contributed by atoms with van der Waals surface area (Å²) in [4.78, 5) is 17.7. The number of hydrogen-bond acceptors (Lipinski definition) is 5. The van der Waals surface area contributed by atoms with Crippen LogP contribution in [0.5, 0.6) is 0 Å². The monoisotopic (exact) mass is 465 g/mol. The molecule has 2 aromatic rings. The Hall–Kier alpha value is -1.79. The third-order valence-electron chi connectivity index (χ3n) is 10.6. The fourth-order valence-corrected chi connectivity index (χ4v) is 9.16. The van der Waals surface area contributed by atoms with Gasteiger partial charge in [0, 0.05) is 30.8 Å². The van der Waals surface area contributed by atoms with Crippen LogP contribution in [-0.2, 0) is 16.1 Å². The predicted octanol–water partition coefficient (Wildman–Crippen LogP) is 4.65. The molecule has 0 radical (unpaired) electrons. The Bertz CT molecular complexity index is 1040. The number of methoxy groups -OCH3 is 1. The number of rotatable bonds is 5. The summed E-state index contributed by atoms with van der Waals surface area (Å²) in [5.74, 6) is 4.11. The van der Waals surface area contributed by atoms with Gasteiger partial charge in [-0.1, -0.05) is 6.92 Å². The van der Waals surface area contributed by atoms with Crippen LogP contribution >= 0.6 is 0 Å². The van der Waals surface area contributed by atoms with Gasteiger partial charge >= 0.3 is 0 Å². The first-order valence-electron chi connectivity index (χ1n) is 13.4. The van der Waals surface area contributed by atoms with Crippen LogP contribution < -0.4 is 0 Å². The molecule has 0 aromatic carbocycles. The van der Waals surface area contributed by atoms with E-state index in [2.05, 4.69) is 17.0 Å². The Morgan fingerprint density at radius 3 is 2.82 bits per heavy atom. The molecule has 0 aliphatic heterocycles. The van der Waals surface area contributed by atoms with Crippen molar-refractivity contribution in [2.24, 2.45) is 40.9 Å². The zero-order valence-corrected chi connectivity index (χ0v) is 20.7. The van der Waals surface area contributed by atoms with Crippen molar-refractivity contribution < 1.29 is 14.6 Å². The number of carbonyl (C=O) groups excluding carboxylic acids is 1. The molecule has 8 atom stereocenters. The minimum atomic E-state index is -0.621. The maximum Gasteiger partial charge on any atom is 0.157 e. The van der Waals surface area contributed by atoms with Crippen LogP contribution in [0.2, 0.25) is 0 Å². The Morgan fingerprint density at radius 2 is 2.00 bits per heavy atom. The lowest BCUT2D eigenvalue weighted by Crippen LogP contribution is -2.52. The molecule has 4 saturated carbocycles. The molecule has 34 heavy (non-hydrogen) atoms. The van der Waals surface area contributed by atoms with Gasteiger partial charge in [-0.15, -0.1) is 0 Å². The highest BCUT2D eigenvalue weighted by atomic mass is 16.5. The molecule has 8 unspecified atom stereocenters. The minimum Gasteiger partial charge on any atom is -0.387 e. The van der Waals surface area contributed by atoms with Crippen LogP contribution in [0.4, 0.5) is 0 Å². The molecule has 4 aliphatic rings. The second-order valence-corrected chi connectivity index (χ2v) is 12.2. The number of ketones is 1. The Balaban J connectivity index is 1.16. The highest BCUT2D eigenvalue weighted by Crippen LogP contribution is 2.64. The van der Waals surface area contributed by atoms with Crippen LogP contribution in [0, 0.1) is 40.9 Å². The van der Waals surface area contributed by atoms with E-state index in [1.807, 2.05) is 16.9 Å². The van der Waals surface area contributed by atoms with Crippen LogP contribution in [-0.4, -0.2) is 45.0 Å². The molecule has 4 aliphatic carbocycles. The molecule has 0 saturated heterocycles. The summed E-state index contributed by atoms with van der Waals surface area (Å²) >= 11 is 0. The first kappa shape index (κ1) is 22.7. The van der Waals surface area contributed by atoms with E-state index in [0.29, 0.717) is 30.8 Å². The van der Waals surface area contributed by atoms with Crippen LogP contribution in [0.3, 0.4) is 0 Å². The number of Topliss-reactive ketones (excluding diaryl/α,β-unsaturated/α-hetero) is 1. The van der Waals surface area contributed by atoms with E-state index in [0.717, 1.165) is 54.3 Å². The maximum atomic E-state index is 13.6. The average molecular weight is 466 g/mol. The van der Waals surface area contributed by atoms with Gasteiger partial charge in [0.05, 0.1) is 24.9 Å². The van der Waals surface area contributed by atoms with E-state index in [1.54, 1.807) is 19.5 Å². The van der Waals surface area contributed by atoms with Crippen LogP contribution in [0.25, 0.3) is 10.9 Å². The van der Waals surface area contributed by atoms with Crippen molar-refractivity contribution in [3.05, 3.63) is 24.7 Å². The first-order valence-corrected chi connectivity index (χ1v) is 13.4. The predicted molar refractivity (Wildman–Crippen MR) is 130 cm³/mol. The lowest BCUT2D eigenvalue weighted by atomic mass is 9.49. The molecule has 2 heterocycles. The number of pyridine rings is 1. The Morgan fingerprint density at radius 1 is 1.15 bits per heavy atom. The molecule has 0 bridgehead atoms. The lowest BCUT2D eigenvalue weighted by Gasteiger charge is -2.57. The molecule has 4 fully saturated rings. The Kier molecular flexibility index (Phi) is 5.60. The number of fused-ring (bicyclic) bond motifs is 6. The van der Waals surface area contributed by atoms with Gasteiger partial charge in [0.2, 0.25) is 0 Å². The van der Waals surface area contributed by atoms with Gasteiger partial charge in [-0.3, -0.25) is 14.5 Å². The van der Waals surface area contributed by atoms with Gasteiger partial charge in [0.25, 0.3) is 0 Å². The van der Waals surface area contributed by atoms with Gasteiger partial charge in [-0.25, -0.2) is 0 Å². The summed E-state index contributed by atoms with van der Waals surface area (Å²) < 4.78 is 7.17. The van der Waals surface area contributed by atoms with Crippen LogP contribution in [0.1, 0.15) is 64.7 Å². The topological polar surface area (TPSA) is 77.2 Å². The quantitative estimate of drug-likeness (QED) is 0.696. The number of carbonyl (C=O) groups is 1. The van der Waals surface area contributed by atoms with Crippen molar-refractivity contribution in [1.82, 2.24) is 14.8 Å². The number of nitrogens with zero attached hydrogens (tertiary/aromatic N) is 3. The second kappa shape index (κ2) is 8.41. The highest BCUT2D eigenvalue weighted by molar-refractivity contribution is 5.83. The summed E-state index contributed by atoms with van der Waals surface area (Å²) in [6.45, 7) is 3.27. The number of aliphatic hydroxyl groups is 1. The van der Waals surface area contributed by atoms with Crippen molar-refractivity contribution in [2.45, 2.75) is 76.9 Å². The fourth-order valence-electron chi connectivity index (χ4n) is 9.16. The largest absolute Gasteiger partial charge is 0.387 e. The zero-order valence-electron chi connectivity index (χ0n) is 20.7. The molecular formula is C28H39N3O3. The van der Waals surface area contributed by atoms with Gasteiger partial charge in [-0.2, -0.15) is 5.10 Å². The van der Waals surface area contributed by atoms with E-state index in [4.69, 9.17) is 4.74 Å². The third-order valence-corrected chi connectivity index (χ3v) is 10.6. The smallest absolute Gasteiger partial charge is 0.157 e. The minimum absolute atomic E-state index is 0.130. The molecule has 6 nitrogen and oxygen atoms in total. The molecule has 6 heteroatoms. The maximum absolute atomic E-state index is 13.6. The summed E-state index contributed by atoms with van der Waals surface area (Å²) in [7, 11) is 1.70. The highest BCUT2D eigenvalue weighted by Gasteiger charge is 2.59. The molecule has 2 aromatic heterocycles. The Labute approximate surface area is 202 Å². The molecular weight excluding hydrogens is 426 g/mol. The molecule has 1 N–H and O–H groups in total. The SMILES string of the molecule is COCC1(O)CCC2C(CCC3C2CCC2(C)C(C(=O)Cn4cc5ccncc5n4)CCC32)C1. The number of hydrogen-bond donors (Lipinski definition) is 1. The third kappa shape index (κ3) is 3.63. The van der Waals surface area contributed by atoms with Crippen molar-refractivity contribution in [3.63, 3.8) is 0 Å². The van der Waals surface area contributed by atoms with E-state index in [9.17, 15) is 9.90 Å². The fraction of sp³-hybridized carbons (Fsp3) is 0.750. The van der Waals surface area contributed by atoms with E-state index in [-0.39, 0.29) is 11.3 Å². The van der Waals surface area contributed by atoms with E-state index >= 15 is 0 Å². The van der Waals surface area contributed by atoms with Gasteiger partial charge in [0.15, 0.2) is 5.78 Å². The number of aromatic nitrogens is 3. The van der Waals surface area contributed by atoms with Crippen LogP contribution in [0.15, 0.2) is 24.7 Å². The first-order chi connectivity index (χ1) is 16.4. The molecule has 184 valence electrons. The number of ether oxygens (including phenoxy) is 1. The van der Waals surface area contributed by atoms with Crippen molar-refractivity contribution in [2.75, 3.05) is 13.7 Å². The van der Waals surface area contributed by atoms with Gasteiger partial charge in [-0.05, 0) is 98.9 Å². The molecule has 6 rings (SSSR count). The van der Waals surface area contributed by atoms with Crippen molar-refractivity contribution in [3.8, 4) is 0 Å². The summed E-state index contributed by atoms with van der Waals surface area (Å²) in [5.41, 5.74) is 0.363. The zero-order chi connectivity index (χ0) is 23.5. The molecule has 0 amide bonds. The summed E-state index contributed by atoms with van der Waals surface area (Å²) in [6.07, 6.45) is 15.6. The van der Waals surface area contributed by atoms with Crippen molar-refractivity contribution >= 4 is 16.7 Å². The van der Waals surface area contributed by atoms with E-state index in [1.165, 1.54) is 32.1 Å². The standard InChI is InChI=1S/C28H39N3O3/c1-27-10-7-21-20-8-11-28(33,17-34-2)13-18(20)3-4-22(21)23(27)5-6-24(27)26(32)16-31-15-19-9-12-29-14-25(19)30-31/h9,12,14-15,18,20-24,33H,3-8,10-11,13,16-17H2,1-2H3.